The van der Waals surface area contributed by atoms with E-state index in [0.717, 1.165) is 32.1 Å². The molecule has 3 rings (SSSR count). The van der Waals surface area contributed by atoms with Crippen molar-refractivity contribution in [1.29, 1.82) is 0 Å². The van der Waals surface area contributed by atoms with Crippen molar-refractivity contribution in [2.45, 2.75) is 77.5 Å². The van der Waals surface area contributed by atoms with Gasteiger partial charge in [0.05, 0.1) is 11.8 Å². The number of aryl methyl sites for hydroxylation is 1. The maximum absolute atomic E-state index is 12.8. The van der Waals surface area contributed by atoms with Crippen molar-refractivity contribution in [3.63, 3.8) is 0 Å². The predicted octanol–water partition coefficient (Wildman–Crippen LogP) is 2.20. The smallest absolute Gasteiger partial charge is 0.332 e. The number of rotatable bonds is 5. The molecule has 2 fully saturated rings. The zero-order valence-electron chi connectivity index (χ0n) is 19.7. The molecule has 1 amide bonds. The molecule has 0 bridgehead atoms. The van der Waals surface area contributed by atoms with Crippen LogP contribution in [0.4, 0.5) is 0 Å². The number of hydrogen-bond acceptors (Lipinski definition) is 9. The Labute approximate surface area is 198 Å². The number of aromatic hydroxyl groups is 1. The average Bonchev–Trinajstić information content (AvgIpc) is 2.86. The van der Waals surface area contributed by atoms with Crippen LogP contribution in [0.15, 0.2) is 12.3 Å². The summed E-state index contributed by atoms with van der Waals surface area (Å²) in [7, 11) is 0. The monoisotopic (exact) mass is 476 g/mol. The first-order valence-electron chi connectivity index (χ1n) is 11.8. The number of nitrogens with zero attached hydrogens (tertiary/aromatic N) is 1. The molecule has 0 spiro atoms. The Kier molecular flexibility index (Phi) is 8.46. The molecule has 4 atom stereocenters. The number of carbonyl (C=O) groups is 4. The lowest BCUT2D eigenvalue weighted by Gasteiger charge is -2.30. The molecule has 0 radical (unpaired) electrons. The van der Waals surface area contributed by atoms with Gasteiger partial charge >= 0.3 is 17.9 Å². The van der Waals surface area contributed by atoms with Crippen LogP contribution in [0.3, 0.4) is 0 Å². The van der Waals surface area contributed by atoms with Crippen LogP contribution in [-0.4, -0.2) is 58.8 Å². The van der Waals surface area contributed by atoms with Crippen LogP contribution in [0, 0.1) is 18.8 Å². The largest absolute Gasteiger partial charge is 0.505 e. The first-order valence-corrected chi connectivity index (χ1v) is 11.8. The summed E-state index contributed by atoms with van der Waals surface area (Å²) in [6, 6.07) is 0.203. The molecule has 1 saturated carbocycles. The number of carbonyl (C=O) groups excluding carboxylic acids is 4. The van der Waals surface area contributed by atoms with E-state index in [-0.39, 0.29) is 17.4 Å². The fraction of sp³-hybridized carbons (Fsp3) is 0.625. The highest BCUT2D eigenvalue weighted by Crippen LogP contribution is 2.28. The first kappa shape index (κ1) is 25.5. The minimum absolute atomic E-state index is 0.237. The van der Waals surface area contributed by atoms with Crippen LogP contribution >= 0.6 is 0 Å². The topological polar surface area (TPSA) is 141 Å². The molecule has 10 heteroatoms. The van der Waals surface area contributed by atoms with Gasteiger partial charge in [0.2, 0.25) is 0 Å². The molecule has 2 aliphatic rings. The van der Waals surface area contributed by atoms with Gasteiger partial charge < -0.3 is 24.6 Å². The number of esters is 3. The van der Waals surface area contributed by atoms with Gasteiger partial charge in [-0.3, -0.25) is 14.4 Å². The molecule has 1 aliphatic heterocycles. The molecular formula is C24H32N2O8. The van der Waals surface area contributed by atoms with Gasteiger partial charge in [0.1, 0.15) is 18.5 Å². The summed E-state index contributed by atoms with van der Waals surface area (Å²) in [5.41, 5.74) is 0.170. The summed E-state index contributed by atoms with van der Waals surface area (Å²) in [6.45, 7) is 4.43. The lowest BCUT2D eigenvalue weighted by atomic mass is 9.89. The SMILES string of the molecule is CC[C@H]1C(=O)OC[C@H](NC(=O)c2nccc(C)c2O)C(=O)O[C@@H](C)[C@@H]1OC(=O)C1CCCCC1. The fourth-order valence-electron chi connectivity index (χ4n) is 4.32. The quantitative estimate of drug-likeness (QED) is 0.483. The summed E-state index contributed by atoms with van der Waals surface area (Å²) in [6.07, 6.45) is 4.14. The Morgan fingerprint density at radius 3 is 2.59 bits per heavy atom. The van der Waals surface area contributed by atoms with Crippen LogP contribution in [0.1, 0.15) is 68.4 Å². The number of ether oxygens (including phenoxy) is 3. The molecule has 1 aromatic rings. The maximum atomic E-state index is 12.8. The summed E-state index contributed by atoms with van der Waals surface area (Å²) in [5.74, 6) is -4.10. The summed E-state index contributed by atoms with van der Waals surface area (Å²) >= 11 is 0. The van der Waals surface area contributed by atoms with Crippen molar-refractivity contribution < 1.29 is 38.5 Å². The second-order valence-corrected chi connectivity index (χ2v) is 8.87. The Hall–Kier alpha value is -3.17. The van der Waals surface area contributed by atoms with E-state index >= 15 is 0 Å². The standard InChI is InChI=1S/C24H32N2O8/c1-4-16-20(34-22(29)15-8-6-5-7-9-15)14(3)33-24(31)17(12-32-23(16)30)26-21(28)18-19(27)13(2)10-11-25-18/h10-11,14-17,20,27H,4-9,12H2,1-3H3,(H,26,28)/t14-,16+,17-,20-/m0/s1. The highest BCUT2D eigenvalue weighted by atomic mass is 16.6. The highest BCUT2D eigenvalue weighted by molar-refractivity contribution is 5.97. The minimum Gasteiger partial charge on any atom is -0.505 e. The third-order valence-corrected chi connectivity index (χ3v) is 6.42. The number of pyridine rings is 1. The van der Waals surface area contributed by atoms with Crippen LogP contribution in [0.5, 0.6) is 5.75 Å². The van der Waals surface area contributed by atoms with E-state index in [1.54, 1.807) is 20.8 Å². The van der Waals surface area contributed by atoms with Crippen molar-refractivity contribution in [2.24, 2.45) is 11.8 Å². The van der Waals surface area contributed by atoms with E-state index in [2.05, 4.69) is 10.3 Å². The molecule has 10 nitrogen and oxygen atoms in total. The fourth-order valence-corrected chi connectivity index (χ4v) is 4.32. The van der Waals surface area contributed by atoms with Crippen LogP contribution in [0.2, 0.25) is 0 Å². The highest BCUT2D eigenvalue weighted by Gasteiger charge is 2.42. The third kappa shape index (κ3) is 5.84. The molecule has 2 heterocycles. The maximum Gasteiger partial charge on any atom is 0.332 e. The molecule has 0 aromatic carbocycles. The lowest BCUT2D eigenvalue weighted by Crippen LogP contribution is -2.47. The second-order valence-electron chi connectivity index (χ2n) is 8.87. The van der Waals surface area contributed by atoms with Crippen LogP contribution < -0.4 is 5.32 Å². The van der Waals surface area contributed by atoms with Gasteiger partial charge in [-0.2, -0.15) is 0 Å². The molecule has 0 unspecified atom stereocenters. The van der Waals surface area contributed by atoms with E-state index in [9.17, 15) is 24.3 Å². The Morgan fingerprint density at radius 2 is 1.91 bits per heavy atom. The molecular weight excluding hydrogens is 444 g/mol. The van der Waals surface area contributed by atoms with Crippen molar-refractivity contribution in [3.8, 4) is 5.75 Å². The van der Waals surface area contributed by atoms with Gasteiger partial charge in [-0.1, -0.05) is 26.2 Å². The number of hydrogen-bond donors (Lipinski definition) is 2. The molecule has 2 N–H and O–H groups in total. The summed E-state index contributed by atoms with van der Waals surface area (Å²) < 4.78 is 16.6. The van der Waals surface area contributed by atoms with Crippen molar-refractivity contribution in [3.05, 3.63) is 23.5 Å². The number of nitrogens with one attached hydrogen (secondary N) is 1. The summed E-state index contributed by atoms with van der Waals surface area (Å²) in [5, 5.41) is 12.5. The first-order chi connectivity index (χ1) is 16.2. The van der Waals surface area contributed by atoms with Crippen LogP contribution in [0.25, 0.3) is 0 Å². The number of cyclic esters (lactones) is 2. The van der Waals surface area contributed by atoms with Gasteiger partial charge in [0.25, 0.3) is 5.91 Å². The van der Waals surface area contributed by atoms with Gasteiger partial charge in [-0.15, -0.1) is 0 Å². The molecule has 1 aliphatic carbocycles. The molecule has 34 heavy (non-hydrogen) atoms. The number of amides is 1. The van der Waals surface area contributed by atoms with Gasteiger partial charge in [-0.05, 0) is 44.7 Å². The normalized spacial score (nSPS) is 26.3. The Bertz CT molecular complexity index is 928. The van der Waals surface area contributed by atoms with E-state index < -0.39 is 54.6 Å². The Balaban J connectivity index is 1.76. The van der Waals surface area contributed by atoms with E-state index in [4.69, 9.17) is 14.2 Å². The van der Waals surface area contributed by atoms with Gasteiger partial charge in [-0.25, -0.2) is 9.78 Å². The van der Waals surface area contributed by atoms with Crippen molar-refractivity contribution in [2.75, 3.05) is 6.61 Å². The van der Waals surface area contributed by atoms with E-state index in [1.807, 2.05) is 0 Å². The third-order valence-electron chi connectivity index (χ3n) is 6.42. The Morgan fingerprint density at radius 1 is 1.21 bits per heavy atom. The molecule has 186 valence electrons. The minimum atomic E-state index is -1.33. The van der Waals surface area contributed by atoms with E-state index in [1.165, 1.54) is 12.3 Å². The summed E-state index contributed by atoms with van der Waals surface area (Å²) in [4.78, 5) is 54.9. The van der Waals surface area contributed by atoms with E-state index in [0.29, 0.717) is 12.0 Å². The second kappa shape index (κ2) is 11.3. The zero-order chi connectivity index (χ0) is 24.8. The average molecular weight is 477 g/mol. The van der Waals surface area contributed by atoms with Gasteiger partial charge in [0.15, 0.2) is 17.8 Å². The lowest BCUT2D eigenvalue weighted by molar-refractivity contribution is -0.178. The van der Waals surface area contributed by atoms with Gasteiger partial charge in [0, 0.05) is 6.20 Å². The zero-order valence-corrected chi connectivity index (χ0v) is 19.7. The van der Waals surface area contributed by atoms with Crippen LogP contribution in [-0.2, 0) is 28.6 Å². The number of aromatic nitrogens is 1. The molecule has 1 saturated heterocycles. The predicted molar refractivity (Wildman–Crippen MR) is 119 cm³/mol. The van der Waals surface area contributed by atoms with Crippen molar-refractivity contribution in [1.82, 2.24) is 10.3 Å². The van der Waals surface area contributed by atoms with Crippen molar-refractivity contribution >= 4 is 23.8 Å². The molecule has 1 aromatic heterocycles.